The van der Waals surface area contributed by atoms with Crippen LogP contribution in [0, 0.1) is 0 Å². The number of hydrogen-bond acceptors (Lipinski definition) is 3. The van der Waals surface area contributed by atoms with Gasteiger partial charge in [0.15, 0.2) is 0 Å². The Morgan fingerprint density at radius 1 is 1.47 bits per heavy atom. The molecule has 0 bridgehead atoms. The Hall–Kier alpha value is -1.33. The molecule has 0 radical (unpaired) electrons. The van der Waals surface area contributed by atoms with Gasteiger partial charge in [-0.15, -0.1) is 0 Å². The van der Waals surface area contributed by atoms with Crippen molar-refractivity contribution in [2.45, 2.75) is 19.4 Å². The molecule has 1 rings (SSSR count). The summed E-state index contributed by atoms with van der Waals surface area (Å²) in [5.74, 6) is -0.0504. The van der Waals surface area contributed by atoms with Crippen LogP contribution in [0.1, 0.15) is 12.8 Å². The van der Waals surface area contributed by atoms with Crippen molar-refractivity contribution < 1.29 is 4.79 Å². The Balaban J connectivity index is 2.38. The summed E-state index contributed by atoms with van der Waals surface area (Å²) >= 11 is 5.77. The van der Waals surface area contributed by atoms with Gasteiger partial charge in [0, 0.05) is 38.3 Å². The van der Waals surface area contributed by atoms with Crippen LogP contribution < -0.4 is 16.6 Å². The van der Waals surface area contributed by atoms with Crippen LogP contribution in [0.5, 0.6) is 0 Å². The van der Waals surface area contributed by atoms with E-state index in [0.717, 1.165) is 0 Å². The first-order valence-corrected chi connectivity index (χ1v) is 5.84. The molecule has 0 aliphatic rings. The summed E-state index contributed by atoms with van der Waals surface area (Å²) in [7, 11) is 0. The molecule has 0 fully saturated rings. The minimum Gasteiger partial charge on any atom is -0.355 e. The highest BCUT2D eigenvalue weighted by Crippen LogP contribution is 2.04. The van der Waals surface area contributed by atoms with Gasteiger partial charge >= 0.3 is 0 Å². The van der Waals surface area contributed by atoms with Crippen LogP contribution in [-0.4, -0.2) is 23.6 Å². The number of pyridine rings is 1. The first kappa shape index (κ1) is 13.7. The van der Waals surface area contributed by atoms with Gasteiger partial charge in [0.2, 0.25) is 5.91 Å². The summed E-state index contributed by atoms with van der Waals surface area (Å²) in [6.45, 7) is 1.39. The average molecular weight is 258 g/mol. The number of aromatic nitrogens is 1. The topological polar surface area (TPSA) is 77.1 Å². The fourth-order valence-corrected chi connectivity index (χ4v) is 1.57. The van der Waals surface area contributed by atoms with E-state index in [1.807, 2.05) is 0 Å². The number of carbonyl (C=O) groups is 1. The molecule has 0 saturated carbocycles. The third-order valence-corrected chi connectivity index (χ3v) is 2.44. The molecular weight excluding hydrogens is 242 g/mol. The second-order valence-corrected chi connectivity index (χ2v) is 4.06. The largest absolute Gasteiger partial charge is 0.355 e. The lowest BCUT2D eigenvalue weighted by Gasteiger charge is -2.06. The third-order valence-electron chi connectivity index (χ3n) is 2.22. The Morgan fingerprint density at radius 2 is 2.24 bits per heavy atom. The molecule has 1 amide bonds. The van der Waals surface area contributed by atoms with Crippen LogP contribution in [-0.2, 0) is 11.3 Å². The molecule has 6 heteroatoms. The number of amides is 1. The Labute approximate surface area is 105 Å². The SMILES string of the molecule is NCCNC(=O)CCCn1cc(Cl)ccc1=O. The third kappa shape index (κ3) is 5.01. The summed E-state index contributed by atoms with van der Waals surface area (Å²) in [6, 6.07) is 2.96. The van der Waals surface area contributed by atoms with E-state index in [2.05, 4.69) is 5.32 Å². The quantitative estimate of drug-likeness (QED) is 0.772. The predicted molar refractivity (Wildman–Crippen MR) is 67.0 cm³/mol. The van der Waals surface area contributed by atoms with Crippen molar-refractivity contribution in [2.75, 3.05) is 13.1 Å². The van der Waals surface area contributed by atoms with Crippen molar-refractivity contribution in [1.29, 1.82) is 0 Å². The van der Waals surface area contributed by atoms with Crippen molar-refractivity contribution in [3.8, 4) is 0 Å². The Kier molecular flexibility index (Phi) is 5.72. The number of carbonyl (C=O) groups excluding carboxylic acids is 1. The zero-order chi connectivity index (χ0) is 12.7. The first-order valence-electron chi connectivity index (χ1n) is 5.46. The van der Waals surface area contributed by atoms with Gasteiger partial charge in [-0.3, -0.25) is 9.59 Å². The van der Waals surface area contributed by atoms with Crippen molar-refractivity contribution in [1.82, 2.24) is 9.88 Å². The van der Waals surface area contributed by atoms with Crippen LogP contribution in [0.4, 0.5) is 0 Å². The molecule has 0 aliphatic heterocycles. The molecule has 5 nitrogen and oxygen atoms in total. The highest BCUT2D eigenvalue weighted by Gasteiger charge is 2.01. The van der Waals surface area contributed by atoms with Gasteiger partial charge in [-0.2, -0.15) is 0 Å². The molecule has 1 aromatic heterocycles. The molecule has 17 heavy (non-hydrogen) atoms. The molecule has 94 valence electrons. The summed E-state index contributed by atoms with van der Waals surface area (Å²) in [5.41, 5.74) is 5.14. The number of halogens is 1. The van der Waals surface area contributed by atoms with E-state index in [4.69, 9.17) is 17.3 Å². The number of nitrogens with zero attached hydrogens (tertiary/aromatic N) is 1. The molecule has 0 spiro atoms. The monoisotopic (exact) mass is 257 g/mol. The van der Waals surface area contributed by atoms with Gasteiger partial charge in [-0.1, -0.05) is 11.6 Å². The van der Waals surface area contributed by atoms with E-state index in [1.54, 1.807) is 12.3 Å². The van der Waals surface area contributed by atoms with Crippen molar-refractivity contribution in [3.63, 3.8) is 0 Å². The molecule has 0 aliphatic carbocycles. The van der Waals surface area contributed by atoms with Gasteiger partial charge in [-0.05, 0) is 12.5 Å². The molecule has 0 atom stereocenters. The van der Waals surface area contributed by atoms with E-state index in [-0.39, 0.29) is 11.5 Å². The number of aryl methyl sites for hydroxylation is 1. The molecular formula is C11H16ClN3O2. The second kappa shape index (κ2) is 7.09. The molecule has 1 heterocycles. The van der Waals surface area contributed by atoms with Gasteiger partial charge in [0.1, 0.15) is 0 Å². The maximum absolute atomic E-state index is 11.4. The normalized spacial score (nSPS) is 10.2. The zero-order valence-corrected chi connectivity index (χ0v) is 10.2. The smallest absolute Gasteiger partial charge is 0.250 e. The summed E-state index contributed by atoms with van der Waals surface area (Å²) in [6.07, 6.45) is 2.54. The maximum Gasteiger partial charge on any atom is 0.250 e. The highest BCUT2D eigenvalue weighted by molar-refractivity contribution is 6.30. The maximum atomic E-state index is 11.4. The number of rotatable bonds is 6. The van der Waals surface area contributed by atoms with Crippen LogP contribution in [0.3, 0.4) is 0 Å². The summed E-state index contributed by atoms with van der Waals surface area (Å²) in [4.78, 5) is 22.7. The Morgan fingerprint density at radius 3 is 2.94 bits per heavy atom. The zero-order valence-electron chi connectivity index (χ0n) is 9.49. The van der Waals surface area contributed by atoms with Gasteiger partial charge in [0.05, 0.1) is 5.02 Å². The molecule has 0 unspecified atom stereocenters. The summed E-state index contributed by atoms with van der Waals surface area (Å²) in [5, 5.41) is 3.18. The van der Waals surface area contributed by atoms with Gasteiger partial charge in [0.25, 0.3) is 5.56 Å². The molecule has 3 N–H and O–H groups in total. The van der Waals surface area contributed by atoms with Crippen molar-refractivity contribution >= 4 is 17.5 Å². The van der Waals surface area contributed by atoms with Gasteiger partial charge < -0.3 is 15.6 Å². The number of nitrogens with one attached hydrogen (secondary N) is 1. The van der Waals surface area contributed by atoms with E-state index >= 15 is 0 Å². The lowest BCUT2D eigenvalue weighted by Crippen LogP contribution is -2.29. The van der Waals surface area contributed by atoms with E-state index in [9.17, 15) is 9.59 Å². The molecule has 0 aromatic carbocycles. The second-order valence-electron chi connectivity index (χ2n) is 3.62. The Bertz CT molecular complexity index is 431. The van der Waals surface area contributed by atoms with E-state index < -0.39 is 0 Å². The van der Waals surface area contributed by atoms with Crippen LogP contribution in [0.15, 0.2) is 23.1 Å². The van der Waals surface area contributed by atoms with Gasteiger partial charge in [-0.25, -0.2) is 0 Å². The minimum atomic E-state index is -0.114. The number of hydrogen-bond donors (Lipinski definition) is 2. The van der Waals surface area contributed by atoms with E-state index in [1.165, 1.54) is 10.6 Å². The lowest BCUT2D eigenvalue weighted by atomic mass is 10.3. The van der Waals surface area contributed by atoms with Crippen LogP contribution in [0.25, 0.3) is 0 Å². The standard InChI is InChI=1S/C11H16ClN3O2/c12-9-3-4-11(17)15(8-9)7-1-2-10(16)14-6-5-13/h3-4,8H,1-2,5-7,13H2,(H,14,16). The van der Waals surface area contributed by atoms with Crippen molar-refractivity contribution in [2.24, 2.45) is 5.73 Å². The van der Waals surface area contributed by atoms with Crippen molar-refractivity contribution in [3.05, 3.63) is 33.7 Å². The van der Waals surface area contributed by atoms with Crippen LogP contribution >= 0.6 is 11.6 Å². The summed E-state index contributed by atoms with van der Waals surface area (Å²) < 4.78 is 1.50. The average Bonchev–Trinajstić information content (AvgIpc) is 2.31. The lowest BCUT2D eigenvalue weighted by molar-refractivity contribution is -0.121. The first-order chi connectivity index (χ1) is 8.13. The molecule has 0 saturated heterocycles. The van der Waals surface area contributed by atoms with E-state index in [0.29, 0.717) is 37.5 Å². The predicted octanol–water partition coefficient (Wildman–Crippen LogP) is 0.357. The fraction of sp³-hybridized carbons (Fsp3) is 0.455. The van der Waals surface area contributed by atoms with Crippen LogP contribution in [0.2, 0.25) is 5.02 Å². The minimum absolute atomic E-state index is 0.0504. The highest BCUT2D eigenvalue weighted by atomic mass is 35.5. The molecule has 1 aromatic rings. The number of nitrogens with two attached hydrogens (primary N) is 1. The fourth-order valence-electron chi connectivity index (χ4n) is 1.39.